The summed E-state index contributed by atoms with van der Waals surface area (Å²) in [5, 5.41) is 10.2. The number of anilines is 1. The molecule has 17 heavy (non-hydrogen) atoms. The molecule has 1 saturated heterocycles. The number of nitrogens with zero attached hydrogens (tertiary/aromatic N) is 1. The summed E-state index contributed by atoms with van der Waals surface area (Å²) in [7, 11) is 0. The van der Waals surface area contributed by atoms with Gasteiger partial charge in [-0.05, 0) is 30.0 Å². The molecule has 1 fully saturated rings. The molecule has 0 aliphatic carbocycles. The van der Waals surface area contributed by atoms with E-state index >= 15 is 0 Å². The average molecular weight is 255 g/mol. The van der Waals surface area contributed by atoms with Crippen LogP contribution in [0, 0.1) is 5.92 Å². The smallest absolute Gasteiger partial charge is 0.0637 e. The van der Waals surface area contributed by atoms with Gasteiger partial charge in [0, 0.05) is 23.8 Å². The normalized spacial score (nSPS) is 24.4. The first-order valence-corrected chi connectivity index (χ1v) is 6.41. The van der Waals surface area contributed by atoms with Crippen molar-refractivity contribution in [1.82, 2.24) is 0 Å². The van der Waals surface area contributed by atoms with Crippen molar-refractivity contribution < 1.29 is 5.11 Å². The molecule has 0 radical (unpaired) electrons. The number of nitrogens with two attached hydrogens (primary N) is 1. The Kier molecular flexibility index (Phi) is 3.92. The third kappa shape index (κ3) is 2.41. The molecule has 1 aromatic carbocycles. The van der Waals surface area contributed by atoms with Gasteiger partial charge in [-0.2, -0.15) is 0 Å². The highest BCUT2D eigenvalue weighted by Crippen LogP contribution is 2.33. The molecule has 1 aromatic rings. The van der Waals surface area contributed by atoms with Gasteiger partial charge in [0.05, 0.1) is 12.6 Å². The quantitative estimate of drug-likeness (QED) is 0.868. The Balaban J connectivity index is 2.35. The van der Waals surface area contributed by atoms with Crippen molar-refractivity contribution in [2.24, 2.45) is 11.7 Å². The summed E-state index contributed by atoms with van der Waals surface area (Å²) in [5.74, 6) is 0.504. The van der Waals surface area contributed by atoms with E-state index in [9.17, 15) is 5.11 Å². The Morgan fingerprint density at radius 3 is 2.94 bits per heavy atom. The van der Waals surface area contributed by atoms with Crippen LogP contribution in [0.3, 0.4) is 0 Å². The van der Waals surface area contributed by atoms with Gasteiger partial charge < -0.3 is 15.7 Å². The third-order valence-corrected chi connectivity index (χ3v) is 3.88. The predicted octanol–water partition coefficient (Wildman–Crippen LogP) is 2.01. The number of benzene rings is 1. The molecule has 1 aliphatic rings. The van der Waals surface area contributed by atoms with Crippen molar-refractivity contribution in [3.8, 4) is 0 Å². The highest BCUT2D eigenvalue weighted by Gasteiger charge is 2.31. The molecular formula is C13H19ClN2O. The van der Waals surface area contributed by atoms with Crippen LogP contribution in [0.5, 0.6) is 0 Å². The Bertz CT molecular complexity index is 397. The number of rotatable bonds is 3. The lowest BCUT2D eigenvalue weighted by Gasteiger charge is -2.29. The second-order valence-corrected chi connectivity index (χ2v) is 5.12. The molecule has 4 heteroatoms. The summed E-state index contributed by atoms with van der Waals surface area (Å²) >= 11 is 6.05. The minimum Gasteiger partial charge on any atom is -0.394 e. The van der Waals surface area contributed by atoms with Crippen LogP contribution in [0.15, 0.2) is 18.2 Å². The Morgan fingerprint density at radius 1 is 1.53 bits per heavy atom. The summed E-state index contributed by atoms with van der Waals surface area (Å²) < 4.78 is 0. The van der Waals surface area contributed by atoms with Gasteiger partial charge in [0.15, 0.2) is 0 Å². The van der Waals surface area contributed by atoms with Crippen LogP contribution in [0.1, 0.15) is 18.9 Å². The molecule has 2 atom stereocenters. The topological polar surface area (TPSA) is 49.5 Å². The predicted molar refractivity (Wildman–Crippen MR) is 71.3 cm³/mol. The van der Waals surface area contributed by atoms with Gasteiger partial charge in [-0.3, -0.25) is 0 Å². The Labute approximate surface area is 107 Å². The first-order chi connectivity index (χ1) is 8.17. The van der Waals surface area contributed by atoms with Crippen LogP contribution in [0.2, 0.25) is 5.02 Å². The molecule has 3 N–H and O–H groups in total. The molecule has 0 amide bonds. The van der Waals surface area contributed by atoms with Crippen LogP contribution in [0.4, 0.5) is 5.69 Å². The molecule has 0 spiro atoms. The van der Waals surface area contributed by atoms with Gasteiger partial charge in [0.25, 0.3) is 0 Å². The van der Waals surface area contributed by atoms with E-state index in [1.807, 2.05) is 18.2 Å². The second kappa shape index (κ2) is 5.25. The van der Waals surface area contributed by atoms with Crippen molar-refractivity contribution in [3.05, 3.63) is 28.8 Å². The van der Waals surface area contributed by atoms with Crippen molar-refractivity contribution in [1.29, 1.82) is 0 Å². The van der Waals surface area contributed by atoms with Crippen LogP contribution in [-0.4, -0.2) is 24.3 Å². The van der Waals surface area contributed by atoms with E-state index in [4.69, 9.17) is 17.3 Å². The van der Waals surface area contributed by atoms with Gasteiger partial charge in [-0.25, -0.2) is 0 Å². The lowest BCUT2D eigenvalue weighted by molar-refractivity contribution is 0.244. The maximum atomic E-state index is 9.50. The molecule has 0 aromatic heterocycles. The first-order valence-electron chi connectivity index (χ1n) is 6.03. The molecule has 2 rings (SSSR count). The summed E-state index contributed by atoms with van der Waals surface area (Å²) in [4.78, 5) is 2.23. The van der Waals surface area contributed by atoms with Crippen LogP contribution in [-0.2, 0) is 6.54 Å². The monoisotopic (exact) mass is 254 g/mol. The van der Waals surface area contributed by atoms with Crippen LogP contribution < -0.4 is 10.6 Å². The van der Waals surface area contributed by atoms with E-state index in [1.165, 1.54) is 0 Å². The standard InChI is InChI=1S/C13H19ClN2O/c1-9-4-5-16(13(9)8-17)12-6-11(14)3-2-10(12)7-15/h2-3,6,9,13,17H,4-5,7-8,15H2,1H3. The summed E-state index contributed by atoms with van der Waals surface area (Å²) in [6.07, 6.45) is 1.10. The van der Waals surface area contributed by atoms with Gasteiger partial charge in [-0.1, -0.05) is 24.6 Å². The molecule has 0 saturated carbocycles. The summed E-state index contributed by atoms with van der Waals surface area (Å²) in [6.45, 7) is 3.81. The maximum Gasteiger partial charge on any atom is 0.0637 e. The minimum absolute atomic E-state index is 0.178. The fourth-order valence-electron chi connectivity index (χ4n) is 2.56. The van der Waals surface area contributed by atoms with Gasteiger partial charge in [-0.15, -0.1) is 0 Å². The fourth-order valence-corrected chi connectivity index (χ4v) is 2.73. The number of aliphatic hydroxyl groups is 1. The SMILES string of the molecule is CC1CCN(c2cc(Cl)ccc2CN)C1CO. The van der Waals surface area contributed by atoms with Crippen molar-refractivity contribution in [2.75, 3.05) is 18.1 Å². The number of halogens is 1. The largest absolute Gasteiger partial charge is 0.394 e. The first kappa shape index (κ1) is 12.7. The zero-order chi connectivity index (χ0) is 12.4. The molecule has 2 unspecified atom stereocenters. The zero-order valence-corrected chi connectivity index (χ0v) is 10.8. The molecule has 0 bridgehead atoms. The molecule has 94 valence electrons. The van der Waals surface area contributed by atoms with E-state index in [1.54, 1.807) is 0 Å². The highest BCUT2D eigenvalue weighted by atomic mass is 35.5. The molecule has 1 aliphatic heterocycles. The molecular weight excluding hydrogens is 236 g/mol. The molecule has 3 nitrogen and oxygen atoms in total. The van der Waals surface area contributed by atoms with Crippen LogP contribution >= 0.6 is 11.6 Å². The molecule has 1 heterocycles. The average Bonchev–Trinajstić information content (AvgIpc) is 2.70. The number of hydrogen-bond acceptors (Lipinski definition) is 3. The summed E-state index contributed by atoms with van der Waals surface area (Å²) in [5.41, 5.74) is 7.92. The van der Waals surface area contributed by atoms with Crippen molar-refractivity contribution in [3.63, 3.8) is 0 Å². The number of aliphatic hydroxyl groups excluding tert-OH is 1. The van der Waals surface area contributed by atoms with E-state index < -0.39 is 0 Å². The summed E-state index contributed by atoms with van der Waals surface area (Å²) in [6, 6.07) is 5.96. The number of hydrogen-bond donors (Lipinski definition) is 2. The lowest BCUT2D eigenvalue weighted by atomic mass is 10.0. The zero-order valence-electron chi connectivity index (χ0n) is 10.1. The van der Waals surface area contributed by atoms with E-state index in [0.717, 1.165) is 24.2 Å². The van der Waals surface area contributed by atoms with Crippen molar-refractivity contribution >= 4 is 17.3 Å². The minimum atomic E-state index is 0.178. The third-order valence-electron chi connectivity index (χ3n) is 3.65. The van der Waals surface area contributed by atoms with Crippen LogP contribution in [0.25, 0.3) is 0 Å². The second-order valence-electron chi connectivity index (χ2n) is 4.69. The Morgan fingerprint density at radius 2 is 2.29 bits per heavy atom. The lowest BCUT2D eigenvalue weighted by Crippen LogP contribution is -2.35. The van der Waals surface area contributed by atoms with E-state index in [-0.39, 0.29) is 12.6 Å². The Hall–Kier alpha value is -0.770. The van der Waals surface area contributed by atoms with Gasteiger partial charge in [0.2, 0.25) is 0 Å². The highest BCUT2D eigenvalue weighted by molar-refractivity contribution is 6.30. The van der Waals surface area contributed by atoms with Gasteiger partial charge in [0.1, 0.15) is 0 Å². The van der Waals surface area contributed by atoms with Gasteiger partial charge >= 0.3 is 0 Å². The maximum absolute atomic E-state index is 9.50. The fraction of sp³-hybridized carbons (Fsp3) is 0.538. The van der Waals surface area contributed by atoms with E-state index in [2.05, 4.69) is 11.8 Å². The van der Waals surface area contributed by atoms with E-state index in [0.29, 0.717) is 17.5 Å². The van der Waals surface area contributed by atoms with Crippen molar-refractivity contribution in [2.45, 2.75) is 25.9 Å².